The Kier molecular flexibility index (Phi) is 3.39. The summed E-state index contributed by atoms with van der Waals surface area (Å²) in [6.45, 7) is -0.723. The molecule has 0 atom stereocenters. The van der Waals surface area contributed by atoms with E-state index < -0.39 is 41.2 Å². The van der Waals surface area contributed by atoms with E-state index in [9.17, 15) is 23.2 Å². The molecular formula is C12H9F2NO4. The number of carbonyl (C=O) groups is 3. The summed E-state index contributed by atoms with van der Waals surface area (Å²) >= 11 is 0. The molecule has 0 saturated heterocycles. The molecule has 0 N–H and O–H groups in total. The number of hydrogen-bond acceptors (Lipinski definition) is 4. The molecule has 100 valence electrons. The van der Waals surface area contributed by atoms with Crippen LogP contribution in [-0.2, 0) is 14.3 Å². The Morgan fingerprint density at radius 1 is 1.32 bits per heavy atom. The molecule has 1 aromatic rings. The van der Waals surface area contributed by atoms with E-state index in [1.165, 1.54) is 7.11 Å². The molecule has 1 amide bonds. The third kappa shape index (κ3) is 2.24. The lowest BCUT2D eigenvalue weighted by atomic mass is 10.1. The number of ketones is 2. The lowest BCUT2D eigenvalue weighted by molar-refractivity contribution is -0.123. The Balaban J connectivity index is 2.41. The SMILES string of the molecule is COCC(=O)CN1C(=O)C(=O)c2c(F)cc(F)cc21. The molecule has 0 saturated carbocycles. The van der Waals surface area contributed by atoms with Crippen molar-refractivity contribution in [3.63, 3.8) is 0 Å². The van der Waals surface area contributed by atoms with Crippen LogP contribution in [0.1, 0.15) is 10.4 Å². The second kappa shape index (κ2) is 4.85. The molecule has 0 radical (unpaired) electrons. The third-order valence-corrected chi connectivity index (χ3v) is 2.63. The number of amides is 1. The molecule has 0 bridgehead atoms. The molecule has 0 aromatic heterocycles. The molecule has 7 heteroatoms. The molecule has 5 nitrogen and oxygen atoms in total. The number of carbonyl (C=O) groups excluding carboxylic acids is 3. The van der Waals surface area contributed by atoms with Crippen molar-refractivity contribution in [3.05, 3.63) is 29.3 Å². The number of benzene rings is 1. The monoisotopic (exact) mass is 269 g/mol. The maximum Gasteiger partial charge on any atom is 0.300 e. The van der Waals surface area contributed by atoms with Crippen LogP contribution in [0.3, 0.4) is 0 Å². The first kappa shape index (κ1) is 13.3. The number of halogens is 2. The number of ether oxygens (including phenoxy) is 1. The Bertz CT molecular complexity index is 585. The lowest BCUT2D eigenvalue weighted by Crippen LogP contribution is -2.35. The largest absolute Gasteiger partial charge is 0.377 e. The van der Waals surface area contributed by atoms with Gasteiger partial charge in [-0.2, -0.15) is 0 Å². The van der Waals surface area contributed by atoms with E-state index in [-0.39, 0.29) is 12.3 Å². The van der Waals surface area contributed by atoms with Crippen LogP contribution in [0.4, 0.5) is 14.5 Å². The topological polar surface area (TPSA) is 63.7 Å². The van der Waals surface area contributed by atoms with Gasteiger partial charge in [-0.3, -0.25) is 19.3 Å². The highest BCUT2D eigenvalue weighted by atomic mass is 19.1. The normalized spacial score (nSPS) is 13.9. The summed E-state index contributed by atoms with van der Waals surface area (Å²) < 4.78 is 31.2. The summed E-state index contributed by atoms with van der Waals surface area (Å²) in [6.07, 6.45) is 0. The van der Waals surface area contributed by atoms with E-state index in [4.69, 9.17) is 0 Å². The van der Waals surface area contributed by atoms with Crippen molar-refractivity contribution in [2.45, 2.75) is 0 Å². The maximum absolute atomic E-state index is 13.5. The second-order valence-corrected chi connectivity index (χ2v) is 3.97. The quantitative estimate of drug-likeness (QED) is 0.755. The van der Waals surface area contributed by atoms with Gasteiger partial charge < -0.3 is 4.74 Å². The fourth-order valence-electron chi connectivity index (χ4n) is 1.88. The number of hydrogen-bond donors (Lipinski definition) is 0. The first-order chi connectivity index (χ1) is 8.95. The fraction of sp³-hybridized carbons (Fsp3) is 0.250. The van der Waals surface area contributed by atoms with Gasteiger partial charge in [-0.05, 0) is 6.07 Å². The van der Waals surface area contributed by atoms with Crippen molar-refractivity contribution in [1.29, 1.82) is 0 Å². The molecule has 0 aliphatic carbocycles. The number of anilines is 1. The first-order valence-electron chi connectivity index (χ1n) is 5.31. The summed E-state index contributed by atoms with van der Waals surface area (Å²) in [6, 6.07) is 1.37. The van der Waals surface area contributed by atoms with Gasteiger partial charge in [0.05, 0.1) is 17.8 Å². The second-order valence-electron chi connectivity index (χ2n) is 3.97. The van der Waals surface area contributed by atoms with Crippen LogP contribution < -0.4 is 4.90 Å². The molecule has 19 heavy (non-hydrogen) atoms. The van der Waals surface area contributed by atoms with Crippen molar-refractivity contribution in [2.24, 2.45) is 0 Å². The van der Waals surface area contributed by atoms with E-state index >= 15 is 0 Å². The highest BCUT2D eigenvalue weighted by Crippen LogP contribution is 2.31. The van der Waals surface area contributed by atoms with Crippen LogP contribution in [0.15, 0.2) is 12.1 Å². The Hall–Kier alpha value is -2.15. The van der Waals surface area contributed by atoms with Crippen LogP contribution in [0.25, 0.3) is 0 Å². The van der Waals surface area contributed by atoms with Gasteiger partial charge in [-0.25, -0.2) is 8.78 Å². The Labute approximate surface area is 106 Å². The summed E-state index contributed by atoms with van der Waals surface area (Å²) in [7, 11) is 1.29. The third-order valence-electron chi connectivity index (χ3n) is 2.63. The van der Waals surface area contributed by atoms with Crippen LogP contribution in [0, 0.1) is 11.6 Å². The summed E-state index contributed by atoms with van der Waals surface area (Å²) in [5.41, 5.74) is -0.728. The smallest absolute Gasteiger partial charge is 0.300 e. The van der Waals surface area contributed by atoms with Crippen LogP contribution in [0.2, 0.25) is 0 Å². The predicted octanol–water partition coefficient (Wildman–Crippen LogP) is 0.710. The van der Waals surface area contributed by atoms with E-state index in [1.807, 2.05) is 0 Å². The number of rotatable bonds is 4. The van der Waals surface area contributed by atoms with Crippen molar-refractivity contribution in [1.82, 2.24) is 0 Å². The summed E-state index contributed by atoms with van der Waals surface area (Å²) in [5.74, 6) is -4.67. The number of nitrogens with zero attached hydrogens (tertiary/aromatic N) is 1. The van der Waals surface area contributed by atoms with Gasteiger partial charge in [0.1, 0.15) is 18.2 Å². The standard InChI is InChI=1S/C12H9F2NO4/c1-19-5-7(16)4-15-9-3-6(13)2-8(14)10(9)11(17)12(15)18/h2-3H,4-5H2,1H3. The zero-order valence-corrected chi connectivity index (χ0v) is 9.91. The molecule has 1 aliphatic heterocycles. The minimum Gasteiger partial charge on any atom is -0.377 e. The van der Waals surface area contributed by atoms with Crippen molar-refractivity contribution >= 4 is 23.2 Å². The first-order valence-corrected chi connectivity index (χ1v) is 5.31. The maximum atomic E-state index is 13.5. The van der Waals surface area contributed by atoms with Gasteiger partial charge in [-0.15, -0.1) is 0 Å². The van der Waals surface area contributed by atoms with Gasteiger partial charge in [0, 0.05) is 13.2 Å². The Morgan fingerprint density at radius 3 is 2.63 bits per heavy atom. The van der Waals surface area contributed by atoms with E-state index in [0.29, 0.717) is 6.07 Å². The lowest BCUT2D eigenvalue weighted by Gasteiger charge is -2.15. The highest BCUT2D eigenvalue weighted by Gasteiger charge is 2.39. The molecule has 1 aliphatic rings. The summed E-state index contributed by atoms with van der Waals surface area (Å²) in [4.78, 5) is 35.4. The van der Waals surface area contributed by atoms with Gasteiger partial charge in [0.25, 0.3) is 11.7 Å². The zero-order chi connectivity index (χ0) is 14.2. The minimum absolute atomic E-state index is 0.225. The van der Waals surface area contributed by atoms with E-state index in [2.05, 4.69) is 4.74 Å². The van der Waals surface area contributed by atoms with Gasteiger partial charge in [-0.1, -0.05) is 0 Å². The molecule has 2 rings (SSSR count). The van der Waals surface area contributed by atoms with Crippen LogP contribution in [0.5, 0.6) is 0 Å². The number of methoxy groups -OCH3 is 1. The molecule has 0 spiro atoms. The molecular weight excluding hydrogens is 260 g/mol. The van der Waals surface area contributed by atoms with Crippen LogP contribution in [-0.4, -0.2) is 37.7 Å². The Morgan fingerprint density at radius 2 is 2.00 bits per heavy atom. The zero-order valence-electron chi connectivity index (χ0n) is 9.91. The molecule has 1 heterocycles. The summed E-state index contributed by atoms with van der Waals surface area (Å²) in [5, 5.41) is 0. The van der Waals surface area contributed by atoms with Gasteiger partial charge in [0.15, 0.2) is 5.78 Å². The van der Waals surface area contributed by atoms with Crippen molar-refractivity contribution in [2.75, 3.05) is 25.2 Å². The van der Waals surface area contributed by atoms with Crippen molar-refractivity contribution < 1.29 is 27.9 Å². The number of Topliss-reactive ketones (excluding diaryl/α,β-unsaturated/α-hetero) is 2. The van der Waals surface area contributed by atoms with Crippen molar-refractivity contribution in [3.8, 4) is 0 Å². The molecule has 1 aromatic carbocycles. The average molecular weight is 269 g/mol. The number of fused-ring (bicyclic) bond motifs is 1. The van der Waals surface area contributed by atoms with Gasteiger partial charge >= 0.3 is 0 Å². The average Bonchev–Trinajstić information content (AvgIpc) is 2.54. The van der Waals surface area contributed by atoms with E-state index in [0.717, 1.165) is 11.0 Å². The molecule has 0 unspecified atom stereocenters. The fourth-order valence-corrected chi connectivity index (χ4v) is 1.88. The van der Waals surface area contributed by atoms with E-state index in [1.54, 1.807) is 0 Å². The van der Waals surface area contributed by atoms with Gasteiger partial charge in [0.2, 0.25) is 0 Å². The molecule has 0 fully saturated rings. The predicted molar refractivity (Wildman–Crippen MR) is 59.9 cm³/mol. The minimum atomic E-state index is -1.12. The van der Waals surface area contributed by atoms with Crippen LogP contribution >= 0.6 is 0 Å². The highest BCUT2D eigenvalue weighted by molar-refractivity contribution is 6.52.